The van der Waals surface area contributed by atoms with E-state index in [9.17, 15) is 4.79 Å². The Kier molecular flexibility index (Phi) is 4.76. The normalized spacial score (nSPS) is 26.4. The van der Waals surface area contributed by atoms with Crippen molar-refractivity contribution in [3.63, 3.8) is 0 Å². The lowest BCUT2D eigenvalue weighted by Gasteiger charge is -2.34. The summed E-state index contributed by atoms with van der Waals surface area (Å²) in [5, 5.41) is 0. The van der Waals surface area contributed by atoms with Crippen LogP contribution in [0.25, 0.3) is 0 Å². The SMILES string of the molecule is CC1CN(C(=O)c2ccc(CN)cc2)CC1N1CCOCC1. The van der Waals surface area contributed by atoms with Crippen LogP contribution in [-0.2, 0) is 11.3 Å². The van der Waals surface area contributed by atoms with Crippen molar-refractivity contribution >= 4 is 5.91 Å². The second-order valence-corrected chi connectivity index (χ2v) is 6.30. The van der Waals surface area contributed by atoms with Crippen LogP contribution in [0.2, 0.25) is 0 Å². The largest absolute Gasteiger partial charge is 0.379 e. The van der Waals surface area contributed by atoms with Crippen LogP contribution in [-0.4, -0.2) is 61.1 Å². The fourth-order valence-electron chi connectivity index (χ4n) is 3.47. The molecule has 0 aromatic heterocycles. The van der Waals surface area contributed by atoms with E-state index >= 15 is 0 Å². The van der Waals surface area contributed by atoms with Gasteiger partial charge < -0.3 is 15.4 Å². The molecule has 120 valence electrons. The van der Waals surface area contributed by atoms with E-state index in [1.165, 1.54) is 0 Å². The third-order valence-corrected chi connectivity index (χ3v) is 4.81. The molecule has 2 aliphatic rings. The minimum Gasteiger partial charge on any atom is -0.379 e. The van der Waals surface area contributed by atoms with Crippen LogP contribution in [0.15, 0.2) is 24.3 Å². The van der Waals surface area contributed by atoms with Gasteiger partial charge in [0.25, 0.3) is 5.91 Å². The smallest absolute Gasteiger partial charge is 0.253 e. The fourth-order valence-corrected chi connectivity index (χ4v) is 3.47. The van der Waals surface area contributed by atoms with E-state index < -0.39 is 0 Å². The topological polar surface area (TPSA) is 58.8 Å². The second kappa shape index (κ2) is 6.77. The number of carbonyl (C=O) groups excluding carboxylic acids is 1. The highest BCUT2D eigenvalue weighted by molar-refractivity contribution is 5.94. The zero-order chi connectivity index (χ0) is 15.5. The molecule has 2 fully saturated rings. The van der Waals surface area contributed by atoms with Gasteiger partial charge in [0.2, 0.25) is 0 Å². The molecule has 1 aromatic carbocycles. The third-order valence-electron chi connectivity index (χ3n) is 4.81. The van der Waals surface area contributed by atoms with Crippen LogP contribution >= 0.6 is 0 Å². The first kappa shape index (κ1) is 15.5. The van der Waals surface area contributed by atoms with Gasteiger partial charge in [-0.25, -0.2) is 0 Å². The summed E-state index contributed by atoms with van der Waals surface area (Å²) in [6.45, 7) is 7.96. The van der Waals surface area contributed by atoms with E-state index in [2.05, 4.69) is 11.8 Å². The van der Waals surface area contributed by atoms with E-state index in [0.29, 0.717) is 18.5 Å². The van der Waals surface area contributed by atoms with Gasteiger partial charge in [-0.1, -0.05) is 19.1 Å². The molecule has 0 aliphatic carbocycles. The predicted molar refractivity (Wildman–Crippen MR) is 85.6 cm³/mol. The van der Waals surface area contributed by atoms with Crippen LogP contribution in [0.1, 0.15) is 22.8 Å². The Morgan fingerprint density at radius 2 is 1.91 bits per heavy atom. The highest BCUT2D eigenvalue weighted by atomic mass is 16.5. The van der Waals surface area contributed by atoms with Gasteiger partial charge in [-0.3, -0.25) is 9.69 Å². The average Bonchev–Trinajstić information content (AvgIpc) is 2.97. The van der Waals surface area contributed by atoms with E-state index in [4.69, 9.17) is 10.5 Å². The van der Waals surface area contributed by atoms with Crippen molar-refractivity contribution in [3.8, 4) is 0 Å². The van der Waals surface area contributed by atoms with Crippen molar-refractivity contribution in [2.45, 2.75) is 19.5 Å². The molecule has 3 rings (SSSR count). The number of rotatable bonds is 3. The predicted octanol–water partition coefficient (Wildman–Crippen LogP) is 0.938. The number of amides is 1. The van der Waals surface area contributed by atoms with Gasteiger partial charge in [-0.05, 0) is 23.6 Å². The zero-order valence-corrected chi connectivity index (χ0v) is 13.2. The highest BCUT2D eigenvalue weighted by Gasteiger charge is 2.36. The third kappa shape index (κ3) is 3.16. The van der Waals surface area contributed by atoms with Crippen molar-refractivity contribution in [1.82, 2.24) is 9.80 Å². The molecule has 5 heteroatoms. The number of hydrogen-bond donors (Lipinski definition) is 1. The Bertz CT molecular complexity index is 511. The molecule has 5 nitrogen and oxygen atoms in total. The van der Waals surface area contributed by atoms with Crippen LogP contribution < -0.4 is 5.73 Å². The van der Waals surface area contributed by atoms with E-state index in [1.54, 1.807) is 0 Å². The van der Waals surface area contributed by atoms with Gasteiger partial charge in [0.1, 0.15) is 0 Å². The molecule has 1 aromatic rings. The number of carbonyl (C=O) groups is 1. The minimum absolute atomic E-state index is 0.131. The van der Waals surface area contributed by atoms with Gasteiger partial charge in [-0.2, -0.15) is 0 Å². The van der Waals surface area contributed by atoms with Gasteiger partial charge in [-0.15, -0.1) is 0 Å². The van der Waals surface area contributed by atoms with Crippen molar-refractivity contribution in [1.29, 1.82) is 0 Å². The first-order valence-electron chi connectivity index (χ1n) is 8.09. The summed E-state index contributed by atoms with van der Waals surface area (Å²) < 4.78 is 5.43. The Balaban J connectivity index is 1.66. The lowest BCUT2D eigenvalue weighted by molar-refractivity contribution is 0.0119. The maximum Gasteiger partial charge on any atom is 0.253 e. The first-order chi connectivity index (χ1) is 10.7. The number of likely N-dealkylation sites (tertiary alicyclic amines) is 1. The maximum atomic E-state index is 12.7. The second-order valence-electron chi connectivity index (χ2n) is 6.30. The van der Waals surface area contributed by atoms with Gasteiger partial charge in [0.15, 0.2) is 0 Å². The molecule has 1 amide bonds. The summed E-state index contributed by atoms with van der Waals surface area (Å²) in [5.41, 5.74) is 7.42. The lowest BCUT2D eigenvalue weighted by Crippen LogP contribution is -2.47. The molecule has 0 saturated carbocycles. The first-order valence-corrected chi connectivity index (χ1v) is 8.09. The maximum absolute atomic E-state index is 12.7. The van der Waals surface area contributed by atoms with Gasteiger partial charge in [0, 0.05) is 44.3 Å². The van der Waals surface area contributed by atoms with Crippen molar-refractivity contribution in [3.05, 3.63) is 35.4 Å². The van der Waals surface area contributed by atoms with Crippen LogP contribution in [0.5, 0.6) is 0 Å². The van der Waals surface area contributed by atoms with Crippen LogP contribution in [0, 0.1) is 5.92 Å². The molecule has 2 aliphatic heterocycles. The molecule has 22 heavy (non-hydrogen) atoms. The molecular formula is C17H25N3O2. The standard InChI is InChI=1S/C17H25N3O2/c1-13-11-20(12-16(13)19-6-8-22-9-7-19)17(21)15-4-2-14(10-18)3-5-15/h2-5,13,16H,6-12,18H2,1H3. The summed E-state index contributed by atoms with van der Waals surface area (Å²) in [6.07, 6.45) is 0. The molecule has 2 heterocycles. The van der Waals surface area contributed by atoms with Gasteiger partial charge in [0.05, 0.1) is 13.2 Å². The molecule has 2 unspecified atom stereocenters. The van der Waals surface area contributed by atoms with E-state index in [-0.39, 0.29) is 5.91 Å². The number of nitrogens with zero attached hydrogens (tertiary/aromatic N) is 2. The average molecular weight is 303 g/mol. The monoisotopic (exact) mass is 303 g/mol. The number of morpholine rings is 1. The zero-order valence-electron chi connectivity index (χ0n) is 13.2. The number of ether oxygens (including phenoxy) is 1. The molecule has 0 spiro atoms. The Hall–Kier alpha value is -1.43. The summed E-state index contributed by atoms with van der Waals surface area (Å²) in [4.78, 5) is 17.1. The number of nitrogens with two attached hydrogens (primary N) is 1. The Morgan fingerprint density at radius 3 is 2.55 bits per heavy atom. The van der Waals surface area contributed by atoms with Crippen LogP contribution in [0.4, 0.5) is 0 Å². The summed E-state index contributed by atoms with van der Waals surface area (Å²) in [5.74, 6) is 0.636. The Morgan fingerprint density at radius 1 is 1.23 bits per heavy atom. The van der Waals surface area contributed by atoms with Crippen molar-refractivity contribution in [2.24, 2.45) is 11.7 Å². The quantitative estimate of drug-likeness (QED) is 0.903. The Labute approximate surface area is 132 Å². The highest BCUT2D eigenvalue weighted by Crippen LogP contribution is 2.24. The molecular weight excluding hydrogens is 278 g/mol. The van der Waals surface area contributed by atoms with Crippen molar-refractivity contribution < 1.29 is 9.53 Å². The molecule has 2 N–H and O–H groups in total. The van der Waals surface area contributed by atoms with Gasteiger partial charge >= 0.3 is 0 Å². The number of benzene rings is 1. The molecule has 2 saturated heterocycles. The van der Waals surface area contributed by atoms with E-state index in [1.807, 2.05) is 29.2 Å². The van der Waals surface area contributed by atoms with Crippen LogP contribution in [0.3, 0.4) is 0 Å². The molecule has 0 bridgehead atoms. The minimum atomic E-state index is 0.131. The lowest BCUT2D eigenvalue weighted by atomic mass is 10.0. The fraction of sp³-hybridized carbons (Fsp3) is 0.588. The van der Waals surface area contributed by atoms with E-state index in [0.717, 1.165) is 50.5 Å². The molecule has 2 atom stereocenters. The summed E-state index contributed by atoms with van der Waals surface area (Å²) >= 11 is 0. The molecule has 0 radical (unpaired) electrons. The number of hydrogen-bond acceptors (Lipinski definition) is 4. The summed E-state index contributed by atoms with van der Waals surface area (Å²) in [6, 6.07) is 8.10. The summed E-state index contributed by atoms with van der Waals surface area (Å²) in [7, 11) is 0. The van der Waals surface area contributed by atoms with Crippen molar-refractivity contribution in [2.75, 3.05) is 39.4 Å².